The fraction of sp³-hybridized carbons (Fsp3) is 0.500. The molecule has 1 saturated carbocycles. The Kier molecular flexibility index (Phi) is 8.26. The fourth-order valence-corrected chi connectivity index (χ4v) is 7.12. The van der Waals surface area contributed by atoms with Crippen LogP contribution < -0.4 is 14.4 Å². The molecule has 0 unspecified atom stereocenters. The Balaban J connectivity index is 1.54. The van der Waals surface area contributed by atoms with E-state index in [-0.39, 0.29) is 29.1 Å². The van der Waals surface area contributed by atoms with Crippen LogP contribution in [0.2, 0.25) is 5.02 Å². The number of rotatable bonds is 0. The van der Waals surface area contributed by atoms with Crippen molar-refractivity contribution in [3.05, 3.63) is 70.3 Å². The molecule has 0 aromatic heterocycles. The van der Waals surface area contributed by atoms with Gasteiger partial charge < -0.3 is 14.7 Å². The minimum absolute atomic E-state index is 0.200. The van der Waals surface area contributed by atoms with Crippen LogP contribution in [0.1, 0.15) is 66.9 Å². The quantitative estimate of drug-likeness (QED) is 0.419. The summed E-state index contributed by atoms with van der Waals surface area (Å²) in [6.45, 7) is 3.98. The number of carbonyl (C=O) groups is 1. The lowest BCUT2D eigenvalue weighted by atomic mass is 9.57. The number of anilines is 1. The highest BCUT2D eigenvalue weighted by atomic mass is 35.5. The number of aliphatic hydroxyl groups is 1. The summed E-state index contributed by atoms with van der Waals surface area (Å²) in [7, 11) is -3.81. The van der Waals surface area contributed by atoms with Gasteiger partial charge in [0.1, 0.15) is 12.4 Å². The number of benzene rings is 2. The Hall–Kier alpha value is -2.55. The molecule has 2 aromatic carbocycles. The molecular formula is C30H37ClN2O5S. The van der Waals surface area contributed by atoms with Crippen molar-refractivity contribution in [3.63, 3.8) is 0 Å². The van der Waals surface area contributed by atoms with Crippen molar-refractivity contribution in [2.75, 3.05) is 23.7 Å². The summed E-state index contributed by atoms with van der Waals surface area (Å²) >= 11 is 6.29. The van der Waals surface area contributed by atoms with Gasteiger partial charge in [-0.05, 0) is 97.7 Å². The number of amides is 1. The Bertz CT molecular complexity index is 1360. The average Bonchev–Trinajstić information content (AvgIpc) is 2.92. The van der Waals surface area contributed by atoms with Crippen LogP contribution in [0.15, 0.2) is 48.6 Å². The SMILES string of the molecule is C[C@@]12CC[C@@H]1CN1CCCCc3cc(Cl)ccc3COc3ccc(cc31)C(=O)NS(=O)(=O)CC/C=C\C[C@H]2O. The summed E-state index contributed by atoms with van der Waals surface area (Å²) in [4.78, 5) is 15.3. The van der Waals surface area contributed by atoms with E-state index in [9.17, 15) is 18.3 Å². The predicted molar refractivity (Wildman–Crippen MR) is 154 cm³/mol. The Morgan fingerprint density at radius 1 is 1.13 bits per heavy atom. The van der Waals surface area contributed by atoms with E-state index in [0.29, 0.717) is 23.8 Å². The topological polar surface area (TPSA) is 95.9 Å². The number of aliphatic hydroxyl groups excluding tert-OH is 1. The number of fused-ring (bicyclic) bond motifs is 3. The third-order valence-electron chi connectivity index (χ3n) is 8.73. The second kappa shape index (κ2) is 11.5. The largest absolute Gasteiger partial charge is 0.487 e. The molecule has 210 valence electrons. The molecule has 3 atom stereocenters. The first-order chi connectivity index (χ1) is 18.6. The second-order valence-electron chi connectivity index (χ2n) is 11.3. The van der Waals surface area contributed by atoms with Gasteiger partial charge in [-0.1, -0.05) is 36.7 Å². The molecule has 2 aliphatic heterocycles. The van der Waals surface area contributed by atoms with Gasteiger partial charge in [-0.25, -0.2) is 13.1 Å². The molecule has 1 amide bonds. The highest BCUT2D eigenvalue weighted by Gasteiger charge is 2.48. The van der Waals surface area contributed by atoms with Gasteiger partial charge in [0.25, 0.3) is 5.91 Å². The maximum atomic E-state index is 13.0. The molecule has 3 aliphatic rings. The minimum Gasteiger partial charge on any atom is -0.487 e. The second-order valence-corrected chi connectivity index (χ2v) is 13.6. The minimum atomic E-state index is -3.81. The highest BCUT2D eigenvalue weighted by molar-refractivity contribution is 7.90. The zero-order chi connectivity index (χ0) is 27.6. The van der Waals surface area contributed by atoms with Crippen molar-refractivity contribution < 1.29 is 23.1 Å². The highest BCUT2D eigenvalue weighted by Crippen LogP contribution is 2.51. The number of carbonyl (C=O) groups excluding carboxylic acids is 1. The molecule has 2 aromatic rings. The van der Waals surface area contributed by atoms with Crippen LogP contribution in [0.4, 0.5) is 5.69 Å². The Labute approximate surface area is 236 Å². The number of hydrogen-bond donors (Lipinski definition) is 2. The van der Waals surface area contributed by atoms with Crippen molar-refractivity contribution >= 4 is 33.2 Å². The summed E-state index contributed by atoms with van der Waals surface area (Å²) < 4.78 is 33.8. The maximum absolute atomic E-state index is 13.0. The fourth-order valence-electron chi connectivity index (χ4n) is 5.97. The van der Waals surface area contributed by atoms with Crippen LogP contribution in [0.3, 0.4) is 0 Å². The van der Waals surface area contributed by atoms with Crippen molar-refractivity contribution in [2.24, 2.45) is 11.3 Å². The zero-order valence-electron chi connectivity index (χ0n) is 22.4. The third kappa shape index (κ3) is 6.28. The van der Waals surface area contributed by atoms with Crippen molar-refractivity contribution in [1.29, 1.82) is 0 Å². The monoisotopic (exact) mass is 572 g/mol. The molecule has 7 nitrogen and oxygen atoms in total. The van der Waals surface area contributed by atoms with E-state index < -0.39 is 22.0 Å². The van der Waals surface area contributed by atoms with Gasteiger partial charge in [0.15, 0.2) is 0 Å². The number of nitrogens with zero attached hydrogens (tertiary/aromatic N) is 1. The van der Waals surface area contributed by atoms with E-state index in [1.165, 1.54) is 5.56 Å². The summed E-state index contributed by atoms with van der Waals surface area (Å²) in [6.07, 6.45) is 8.61. The van der Waals surface area contributed by atoms with Gasteiger partial charge in [-0.2, -0.15) is 0 Å². The number of ether oxygens (including phenoxy) is 1. The van der Waals surface area contributed by atoms with Crippen LogP contribution in [-0.4, -0.2) is 44.4 Å². The van der Waals surface area contributed by atoms with E-state index in [2.05, 4.69) is 16.5 Å². The average molecular weight is 573 g/mol. The van der Waals surface area contributed by atoms with Crippen LogP contribution in [0.5, 0.6) is 5.75 Å². The predicted octanol–water partition coefficient (Wildman–Crippen LogP) is 5.25. The van der Waals surface area contributed by atoms with E-state index in [1.54, 1.807) is 24.3 Å². The number of nitrogens with one attached hydrogen (secondary N) is 1. The molecule has 2 heterocycles. The van der Waals surface area contributed by atoms with Crippen LogP contribution >= 0.6 is 11.6 Å². The summed E-state index contributed by atoms with van der Waals surface area (Å²) in [5.41, 5.74) is 3.05. The third-order valence-corrected chi connectivity index (χ3v) is 10.2. The van der Waals surface area contributed by atoms with Gasteiger partial charge in [-0.15, -0.1) is 0 Å². The molecule has 5 rings (SSSR count). The van der Waals surface area contributed by atoms with Crippen molar-refractivity contribution in [2.45, 2.75) is 64.6 Å². The molecule has 9 heteroatoms. The van der Waals surface area contributed by atoms with Gasteiger partial charge in [0, 0.05) is 23.7 Å². The molecule has 2 bridgehead atoms. The smallest absolute Gasteiger partial charge is 0.264 e. The molecule has 0 radical (unpaired) electrons. The lowest BCUT2D eigenvalue weighted by molar-refractivity contribution is -0.0694. The number of aryl methyl sites for hydroxylation is 1. The first-order valence-corrected chi connectivity index (χ1v) is 15.8. The maximum Gasteiger partial charge on any atom is 0.264 e. The van der Waals surface area contributed by atoms with Crippen molar-refractivity contribution in [3.8, 4) is 5.75 Å². The summed E-state index contributed by atoms with van der Waals surface area (Å²) in [6, 6.07) is 11.0. The lowest BCUT2D eigenvalue weighted by Gasteiger charge is -2.52. The van der Waals surface area contributed by atoms with Gasteiger partial charge in [-0.3, -0.25) is 4.79 Å². The summed E-state index contributed by atoms with van der Waals surface area (Å²) in [5.74, 6) is 0.0740. The first kappa shape index (κ1) is 28.0. The molecule has 2 N–H and O–H groups in total. The number of allylic oxidation sites excluding steroid dienone is 1. The molecule has 1 fully saturated rings. The Morgan fingerprint density at radius 3 is 2.77 bits per heavy atom. The molecule has 1 aliphatic carbocycles. The Morgan fingerprint density at radius 2 is 1.97 bits per heavy atom. The first-order valence-electron chi connectivity index (χ1n) is 13.8. The van der Waals surface area contributed by atoms with Crippen LogP contribution in [-0.2, 0) is 23.1 Å². The van der Waals surface area contributed by atoms with E-state index >= 15 is 0 Å². The molecule has 0 spiro atoms. The van der Waals surface area contributed by atoms with Gasteiger partial charge in [0.2, 0.25) is 10.0 Å². The van der Waals surface area contributed by atoms with Gasteiger partial charge >= 0.3 is 0 Å². The number of sulfonamides is 1. The lowest BCUT2D eigenvalue weighted by Crippen LogP contribution is -2.51. The molecular weight excluding hydrogens is 536 g/mol. The number of hydrogen-bond acceptors (Lipinski definition) is 6. The van der Waals surface area contributed by atoms with Crippen molar-refractivity contribution in [1.82, 2.24) is 4.72 Å². The van der Waals surface area contributed by atoms with Crippen LogP contribution in [0, 0.1) is 11.3 Å². The van der Waals surface area contributed by atoms with Gasteiger partial charge in [0.05, 0.1) is 17.5 Å². The van der Waals surface area contributed by atoms with E-state index in [1.807, 2.05) is 24.3 Å². The normalized spacial score (nSPS) is 28.4. The standard InChI is InChI=1S/C30H37ClN2O5S/c1-30-14-13-24(30)19-33-15-5-4-7-21-17-25(31)11-9-23(21)20-38-27-12-10-22(18-26(27)33)29(35)32-39(36,37)16-6-2-3-8-28(30)34/h2-3,9-12,17-18,24,28,34H,4-8,13-16,19-20H2,1H3,(H,32,35)/b3-2-/t24-,28-,30-/m1/s1. The van der Waals surface area contributed by atoms with E-state index in [0.717, 1.165) is 56.4 Å². The number of halogens is 1. The molecule has 39 heavy (non-hydrogen) atoms. The van der Waals surface area contributed by atoms with Crippen LogP contribution in [0.25, 0.3) is 0 Å². The summed E-state index contributed by atoms with van der Waals surface area (Å²) in [5, 5.41) is 11.8. The zero-order valence-corrected chi connectivity index (χ0v) is 23.9. The van der Waals surface area contributed by atoms with E-state index in [4.69, 9.17) is 16.3 Å². The molecule has 0 saturated heterocycles.